The molecule has 0 saturated carbocycles. The lowest BCUT2D eigenvalue weighted by atomic mass is 10.00. The summed E-state index contributed by atoms with van der Waals surface area (Å²) in [7, 11) is 3.45. The van der Waals surface area contributed by atoms with Crippen LogP contribution in [0.25, 0.3) is 0 Å². The lowest BCUT2D eigenvalue weighted by Crippen LogP contribution is -2.23. The Kier molecular flexibility index (Phi) is 2.64. The summed E-state index contributed by atoms with van der Waals surface area (Å²) in [6.07, 6.45) is 1.20. The molecule has 0 spiro atoms. The molecule has 2 amide bonds. The Morgan fingerprint density at radius 1 is 1.31 bits per heavy atom. The van der Waals surface area contributed by atoms with Crippen LogP contribution in [0.5, 0.6) is 0 Å². The Morgan fingerprint density at radius 2 is 2.06 bits per heavy atom. The second-order valence-electron chi connectivity index (χ2n) is 4.12. The van der Waals surface area contributed by atoms with E-state index in [9.17, 15) is 9.59 Å². The van der Waals surface area contributed by atoms with Crippen LogP contribution in [0.4, 0.5) is 5.69 Å². The number of amides is 2. The summed E-state index contributed by atoms with van der Waals surface area (Å²) in [5.74, 6) is 0.0267. The number of benzene rings is 1. The Balaban J connectivity index is 2.33. The maximum absolute atomic E-state index is 11.7. The number of nitrogens with zero attached hydrogens (tertiary/aromatic N) is 1. The van der Waals surface area contributed by atoms with E-state index in [0.717, 1.165) is 11.3 Å². The van der Waals surface area contributed by atoms with Crippen molar-refractivity contribution in [2.24, 2.45) is 0 Å². The molecule has 0 fully saturated rings. The molecule has 1 aromatic rings. The maximum Gasteiger partial charge on any atom is 0.253 e. The highest BCUT2D eigenvalue weighted by molar-refractivity contribution is 5.97. The fourth-order valence-corrected chi connectivity index (χ4v) is 1.77. The average Bonchev–Trinajstić information content (AvgIpc) is 2.27. The van der Waals surface area contributed by atoms with Gasteiger partial charge >= 0.3 is 0 Å². The first kappa shape index (κ1) is 10.7. The first-order valence-corrected chi connectivity index (χ1v) is 5.22. The van der Waals surface area contributed by atoms with Crippen molar-refractivity contribution in [2.45, 2.75) is 12.8 Å². The minimum atomic E-state index is -0.0142. The highest BCUT2D eigenvalue weighted by Gasteiger charge is 2.17. The molecule has 0 aromatic heterocycles. The number of rotatable bonds is 1. The second-order valence-corrected chi connectivity index (χ2v) is 4.12. The van der Waals surface area contributed by atoms with Gasteiger partial charge < -0.3 is 10.2 Å². The van der Waals surface area contributed by atoms with Gasteiger partial charge in [0.15, 0.2) is 0 Å². The lowest BCUT2D eigenvalue weighted by Gasteiger charge is -2.18. The predicted octanol–water partition coefficient (Wildman–Crippen LogP) is 1.27. The highest BCUT2D eigenvalue weighted by atomic mass is 16.2. The Morgan fingerprint density at radius 3 is 2.75 bits per heavy atom. The number of carbonyl (C=O) groups excluding carboxylic acids is 2. The van der Waals surface area contributed by atoms with E-state index in [1.807, 2.05) is 6.07 Å². The van der Waals surface area contributed by atoms with Crippen LogP contribution in [0.15, 0.2) is 18.2 Å². The Labute approximate surface area is 94.2 Å². The van der Waals surface area contributed by atoms with Crippen LogP contribution >= 0.6 is 0 Å². The van der Waals surface area contributed by atoms with Gasteiger partial charge in [-0.15, -0.1) is 0 Å². The molecule has 4 nitrogen and oxygen atoms in total. The van der Waals surface area contributed by atoms with E-state index in [2.05, 4.69) is 5.32 Å². The van der Waals surface area contributed by atoms with Crippen LogP contribution in [0.2, 0.25) is 0 Å². The standard InChI is InChI=1S/C12H14N2O2/c1-14(2)12(16)9-3-5-10-8(7-9)4-6-11(15)13-10/h3,5,7H,4,6H2,1-2H3,(H,13,15). The van der Waals surface area contributed by atoms with Crippen LogP contribution in [0, 0.1) is 0 Å². The van der Waals surface area contributed by atoms with E-state index < -0.39 is 0 Å². The molecule has 1 aromatic carbocycles. The van der Waals surface area contributed by atoms with Crippen LogP contribution < -0.4 is 5.32 Å². The molecule has 1 heterocycles. The van der Waals surface area contributed by atoms with E-state index in [-0.39, 0.29) is 11.8 Å². The zero-order chi connectivity index (χ0) is 11.7. The van der Waals surface area contributed by atoms with E-state index >= 15 is 0 Å². The summed E-state index contributed by atoms with van der Waals surface area (Å²) < 4.78 is 0. The molecule has 84 valence electrons. The summed E-state index contributed by atoms with van der Waals surface area (Å²) in [6, 6.07) is 5.40. The molecule has 1 aliphatic rings. The van der Waals surface area contributed by atoms with Crippen molar-refractivity contribution in [3.63, 3.8) is 0 Å². The number of fused-ring (bicyclic) bond motifs is 1. The van der Waals surface area contributed by atoms with E-state index in [0.29, 0.717) is 18.4 Å². The van der Waals surface area contributed by atoms with Crippen LogP contribution in [0.3, 0.4) is 0 Å². The first-order valence-electron chi connectivity index (χ1n) is 5.22. The molecule has 0 saturated heterocycles. The molecule has 0 atom stereocenters. The molecule has 0 aliphatic carbocycles. The third-order valence-electron chi connectivity index (χ3n) is 2.65. The average molecular weight is 218 g/mol. The maximum atomic E-state index is 11.7. The fraction of sp³-hybridized carbons (Fsp3) is 0.333. The van der Waals surface area contributed by atoms with Crippen molar-refractivity contribution >= 4 is 17.5 Å². The predicted molar refractivity (Wildman–Crippen MR) is 61.4 cm³/mol. The summed E-state index contributed by atoms with van der Waals surface area (Å²) in [5.41, 5.74) is 2.53. The van der Waals surface area contributed by atoms with Gasteiger partial charge in [-0.25, -0.2) is 0 Å². The molecule has 0 bridgehead atoms. The van der Waals surface area contributed by atoms with Gasteiger partial charge in [0.1, 0.15) is 0 Å². The number of nitrogens with one attached hydrogen (secondary N) is 1. The van der Waals surface area contributed by atoms with Gasteiger partial charge in [-0.1, -0.05) is 0 Å². The SMILES string of the molecule is CN(C)C(=O)c1ccc2c(c1)CCC(=O)N2. The van der Waals surface area contributed by atoms with E-state index in [1.165, 1.54) is 0 Å². The summed E-state index contributed by atoms with van der Waals surface area (Å²) in [4.78, 5) is 24.4. The minimum Gasteiger partial charge on any atom is -0.345 e. The third kappa shape index (κ3) is 1.91. The second kappa shape index (κ2) is 3.96. The molecule has 0 unspecified atom stereocenters. The van der Waals surface area contributed by atoms with Gasteiger partial charge in [0.2, 0.25) is 5.91 Å². The summed E-state index contributed by atoms with van der Waals surface area (Å²) in [5, 5.41) is 2.79. The number of hydrogen-bond acceptors (Lipinski definition) is 2. The molecule has 0 radical (unpaired) electrons. The van der Waals surface area contributed by atoms with Crippen LogP contribution in [-0.4, -0.2) is 30.8 Å². The number of anilines is 1. The molecule has 1 aliphatic heterocycles. The topological polar surface area (TPSA) is 49.4 Å². The number of aryl methyl sites for hydroxylation is 1. The molecule has 4 heteroatoms. The molecule has 16 heavy (non-hydrogen) atoms. The van der Waals surface area contributed by atoms with Crippen molar-refractivity contribution < 1.29 is 9.59 Å². The van der Waals surface area contributed by atoms with E-state index in [4.69, 9.17) is 0 Å². The van der Waals surface area contributed by atoms with Gasteiger partial charge in [-0.3, -0.25) is 9.59 Å². The Bertz CT molecular complexity index is 452. The highest BCUT2D eigenvalue weighted by Crippen LogP contribution is 2.23. The van der Waals surface area contributed by atoms with Crippen LogP contribution in [-0.2, 0) is 11.2 Å². The van der Waals surface area contributed by atoms with Crippen molar-refractivity contribution in [3.8, 4) is 0 Å². The van der Waals surface area contributed by atoms with Crippen LogP contribution in [0.1, 0.15) is 22.3 Å². The monoisotopic (exact) mass is 218 g/mol. The number of hydrogen-bond donors (Lipinski definition) is 1. The third-order valence-corrected chi connectivity index (χ3v) is 2.65. The minimum absolute atomic E-state index is 0.0142. The molecule has 2 rings (SSSR count). The van der Waals surface area contributed by atoms with Gasteiger partial charge in [-0.05, 0) is 30.2 Å². The summed E-state index contributed by atoms with van der Waals surface area (Å²) >= 11 is 0. The molecular weight excluding hydrogens is 204 g/mol. The zero-order valence-corrected chi connectivity index (χ0v) is 9.41. The van der Waals surface area contributed by atoms with Crippen molar-refractivity contribution in [3.05, 3.63) is 29.3 Å². The van der Waals surface area contributed by atoms with Gasteiger partial charge in [-0.2, -0.15) is 0 Å². The van der Waals surface area contributed by atoms with Crippen molar-refractivity contribution in [1.29, 1.82) is 0 Å². The Hall–Kier alpha value is -1.84. The fourth-order valence-electron chi connectivity index (χ4n) is 1.77. The van der Waals surface area contributed by atoms with E-state index in [1.54, 1.807) is 31.1 Å². The molecular formula is C12H14N2O2. The smallest absolute Gasteiger partial charge is 0.253 e. The van der Waals surface area contributed by atoms with Gasteiger partial charge in [0.25, 0.3) is 5.91 Å². The zero-order valence-electron chi connectivity index (χ0n) is 9.41. The largest absolute Gasteiger partial charge is 0.345 e. The quantitative estimate of drug-likeness (QED) is 0.771. The first-order chi connectivity index (χ1) is 7.58. The van der Waals surface area contributed by atoms with Crippen molar-refractivity contribution in [2.75, 3.05) is 19.4 Å². The molecule has 1 N–H and O–H groups in total. The van der Waals surface area contributed by atoms with Gasteiger partial charge in [0, 0.05) is 31.8 Å². The van der Waals surface area contributed by atoms with Crippen molar-refractivity contribution in [1.82, 2.24) is 4.90 Å². The lowest BCUT2D eigenvalue weighted by molar-refractivity contribution is -0.116. The number of carbonyl (C=O) groups is 2. The van der Waals surface area contributed by atoms with Gasteiger partial charge in [0.05, 0.1) is 0 Å². The summed E-state index contributed by atoms with van der Waals surface area (Å²) in [6.45, 7) is 0. The normalized spacial score (nSPS) is 14.0.